The van der Waals surface area contributed by atoms with Crippen LogP contribution >= 0.6 is 0 Å². The van der Waals surface area contributed by atoms with Crippen LogP contribution in [-0.2, 0) is 4.79 Å². The summed E-state index contributed by atoms with van der Waals surface area (Å²) in [6.07, 6.45) is 6.18. The monoisotopic (exact) mass is 389 g/mol. The van der Waals surface area contributed by atoms with Crippen LogP contribution in [0.3, 0.4) is 0 Å². The van der Waals surface area contributed by atoms with Crippen molar-refractivity contribution in [3.05, 3.63) is 77.5 Å². The maximum absolute atomic E-state index is 12.2. The van der Waals surface area contributed by atoms with Gasteiger partial charge in [0.05, 0.1) is 0 Å². The zero-order valence-corrected chi connectivity index (χ0v) is 16.7. The molecule has 5 heteroatoms. The quantitative estimate of drug-likeness (QED) is 0.671. The first-order chi connectivity index (χ1) is 14.1. The van der Waals surface area contributed by atoms with Crippen LogP contribution in [0.1, 0.15) is 22.7 Å². The third-order valence-electron chi connectivity index (χ3n) is 5.64. The van der Waals surface area contributed by atoms with E-state index in [0.717, 1.165) is 54.8 Å². The van der Waals surface area contributed by atoms with Gasteiger partial charge in [0, 0.05) is 55.4 Å². The second-order valence-electron chi connectivity index (χ2n) is 7.68. The summed E-state index contributed by atoms with van der Waals surface area (Å²) >= 11 is 0. The molecule has 0 aliphatic carbocycles. The van der Waals surface area contributed by atoms with Crippen LogP contribution in [-0.4, -0.2) is 58.6 Å². The second-order valence-corrected chi connectivity index (χ2v) is 7.68. The van der Waals surface area contributed by atoms with E-state index in [2.05, 4.69) is 45.1 Å². The first-order valence-corrected chi connectivity index (χ1v) is 10.1. The maximum atomic E-state index is 12.2. The van der Waals surface area contributed by atoms with E-state index >= 15 is 0 Å². The van der Waals surface area contributed by atoms with Crippen molar-refractivity contribution in [1.29, 1.82) is 0 Å². The molecule has 1 unspecified atom stereocenters. The molecule has 1 atom stereocenters. The Bertz CT molecular complexity index is 1000. The van der Waals surface area contributed by atoms with E-state index < -0.39 is 12.0 Å². The van der Waals surface area contributed by atoms with Crippen molar-refractivity contribution in [3.63, 3.8) is 0 Å². The molecule has 3 aromatic rings. The predicted octanol–water partition coefficient (Wildman–Crippen LogP) is 3.93. The van der Waals surface area contributed by atoms with Gasteiger partial charge in [0.25, 0.3) is 0 Å². The van der Waals surface area contributed by atoms with E-state index in [4.69, 9.17) is 0 Å². The highest BCUT2D eigenvalue weighted by molar-refractivity contribution is 5.89. The molecule has 0 radical (unpaired) electrons. The number of hydrogen-bond acceptors (Lipinski definition) is 3. The standard InChI is InChI=1S/C24H27N3O2/c1-18-9-10-22-20(16-18)21(17-25-22)23(24(28)29)27-14-12-26(13-15-27)11-5-8-19-6-3-2-4-7-19/h2-10,16-17,23,25H,11-15H2,1H3,(H,28,29). The number of hydrogen-bond donors (Lipinski definition) is 2. The van der Waals surface area contributed by atoms with Crippen molar-refractivity contribution in [2.75, 3.05) is 32.7 Å². The Balaban J connectivity index is 1.42. The van der Waals surface area contributed by atoms with Gasteiger partial charge in [-0.25, -0.2) is 0 Å². The number of nitrogens with one attached hydrogen (secondary N) is 1. The minimum absolute atomic E-state index is 0.618. The van der Waals surface area contributed by atoms with Gasteiger partial charge in [-0.2, -0.15) is 0 Å². The summed E-state index contributed by atoms with van der Waals surface area (Å²) in [5.41, 5.74) is 4.18. The van der Waals surface area contributed by atoms with Gasteiger partial charge in [-0.3, -0.25) is 14.6 Å². The molecule has 0 spiro atoms. The first-order valence-electron chi connectivity index (χ1n) is 10.1. The lowest BCUT2D eigenvalue weighted by atomic mass is 10.0. The van der Waals surface area contributed by atoms with Crippen molar-refractivity contribution < 1.29 is 9.90 Å². The van der Waals surface area contributed by atoms with Crippen LogP contribution in [0.15, 0.2) is 60.8 Å². The number of aromatic nitrogens is 1. The predicted molar refractivity (Wildman–Crippen MR) is 117 cm³/mol. The molecule has 0 saturated carbocycles. The highest BCUT2D eigenvalue weighted by Gasteiger charge is 2.31. The van der Waals surface area contributed by atoms with Gasteiger partial charge in [-0.05, 0) is 24.6 Å². The molecule has 1 aliphatic heterocycles. The minimum atomic E-state index is -0.787. The molecule has 4 rings (SSSR count). The summed E-state index contributed by atoms with van der Waals surface area (Å²) in [6.45, 7) is 6.14. The minimum Gasteiger partial charge on any atom is -0.480 e. The fourth-order valence-electron chi connectivity index (χ4n) is 4.07. The largest absolute Gasteiger partial charge is 0.480 e. The lowest BCUT2D eigenvalue weighted by Crippen LogP contribution is -2.49. The van der Waals surface area contributed by atoms with Crippen molar-refractivity contribution in [1.82, 2.24) is 14.8 Å². The average Bonchev–Trinajstić information content (AvgIpc) is 3.13. The Labute approximate surface area is 171 Å². The van der Waals surface area contributed by atoms with Gasteiger partial charge in [0.15, 0.2) is 0 Å². The van der Waals surface area contributed by atoms with Crippen molar-refractivity contribution in [2.24, 2.45) is 0 Å². The Hall–Kier alpha value is -2.89. The van der Waals surface area contributed by atoms with Crippen LogP contribution in [0.5, 0.6) is 0 Å². The van der Waals surface area contributed by atoms with Crippen LogP contribution in [0, 0.1) is 6.92 Å². The van der Waals surface area contributed by atoms with E-state index in [0.29, 0.717) is 0 Å². The fraction of sp³-hybridized carbons (Fsp3) is 0.292. The Morgan fingerprint density at radius 2 is 1.90 bits per heavy atom. The number of nitrogens with zero attached hydrogens (tertiary/aromatic N) is 2. The van der Waals surface area contributed by atoms with Crippen LogP contribution in [0.25, 0.3) is 17.0 Å². The lowest BCUT2D eigenvalue weighted by Gasteiger charge is -2.37. The van der Waals surface area contributed by atoms with Gasteiger partial charge in [-0.1, -0.05) is 54.1 Å². The average molecular weight is 389 g/mol. The number of carboxylic acids is 1. The van der Waals surface area contributed by atoms with E-state index in [1.165, 1.54) is 5.56 Å². The van der Waals surface area contributed by atoms with Crippen molar-refractivity contribution in [3.8, 4) is 0 Å². The summed E-state index contributed by atoms with van der Waals surface area (Å²) < 4.78 is 0. The smallest absolute Gasteiger partial charge is 0.325 e. The van der Waals surface area contributed by atoms with Crippen LogP contribution in [0.2, 0.25) is 0 Å². The van der Waals surface area contributed by atoms with Crippen molar-refractivity contribution >= 4 is 22.9 Å². The molecule has 1 aliphatic rings. The number of piperazine rings is 1. The first kappa shape index (κ1) is 19.4. The summed E-state index contributed by atoms with van der Waals surface area (Å²) in [4.78, 5) is 19.8. The topological polar surface area (TPSA) is 59.6 Å². The van der Waals surface area contributed by atoms with Gasteiger partial charge >= 0.3 is 5.97 Å². The number of aliphatic carboxylic acids is 1. The Morgan fingerprint density at radius 1 is 1.14 bits per heavy atom. The molecule has 2 N–H and O–H groups in total. The van der Waals surface area contributed by atoms with E-state index in [1.54, 1.807) is 0 Å². The van der Waals surface area contributed by atoms with Gasteiger partial charge < -0.3 is 10.1 Å². The highest BCUT2D eigenvalue weighted by Crippen LogP contribution is 2.30. The van der Waals surface area contributed by atoms with Crippen LogP contribution in [0.4, 0.5) is 0 Å². The van der Waals surface area contributed by atoms with E-state index in [1.807, 2.05) is 43.5 Å². The number of aryl methyl sites for hydroxylation is 1. The molecule has 0 bridgehead atoms. The molecule has 1 saturated heterocycles. The third-order valence-corrected chi connectivity index (χ3v) is 5.64. The second kappa shape index (κ2) is 8.64. The summed E-state index contributed by atoms with van der Waals surface area (Å²) in [5, 5.41) is 11.0. The molecule has 1 fully saturated rings. The van der Waals surface area contributed by atoms with Gasteiger partial charge in [0.1, 0.15) is 6.04 Å². The zero-order chi connectivity index (χ0) is 20.2. The lowest BCUT2D eigenvalue weighted by molar-refractivity contribution is -0.144. The molecule has 29 heavy (non-hydrogen) atoms. The zero-order valence-electron chi connectivity index (χ0n) is 16.7. The number of aromatic amines is 1. The molecule has 2 aromatic carbocycles. The molecular weight excluding hydrogens is 362 g/mol. The van der Waals surface area contributed by atoms with E-state index in [9.17, 15) is 9.90 Å². The highest BCUT2D eigenvalue weighted by atomic mass is 16.4. The molecule has 1 aromatic heterocycles. The molecule has 0 amide bonds. The number of fused-ring (bicyclic) bond motifs is 1. The Morgan fingerprint density at radius 3 is 2.62 bits per heavy atom. The summed E-state index contributed by atoms with van der Waals surface area (Å²) in [7, 11) is 0. The van der Waals surface area contributed by atoms with Gasteiger partial charge in [-0.15, -0.1) is 0 Å². The molecule has 150 valence electrons. The Kier molecular flexibility index (Phi) is 5.79. The normalized spacial score (nSPS) is 17.1. The molecular formula is C24H27N3O2. The third kappa shape index (κ3) is 4.42. The molecule has 5 nitrogen and oxygen atoms in total. The fourth-order valence-corrected chi connectivity index (χ4v) is 4.07. The SMILES string of the molecule is Cc1ccc2[nH]cc(C(C(=O)O)N3CCN(CC=Cc4ccccc4)CC3)c2c1. The van der Waals surface area contributed by atoms with E-state index in [-0.39, 0.29) is 0 Å². The maximum Gasteiger partial charge on any atom is 0.325 e. The number of carbonyl (C=O) groups is 1. The number of H-pyrrole nitrogens is 1. The number of carboxylic acid groups (broad SMARTS) is 1. The summed E-state index contributed by atoms with van der Waals surface area (Å²) in [6, 6.07) is 15.8. The van der Waals surface area contributed by atoms with Gasteiger partial charge in [0.2, 0.25) is 0 Å². The summed E-state index contributed by atoms with van der Waals surface area (Å²) in [5.74, 6) is -0.787. The van der Waals surface area contributed by atoms with Crippen LogP contribution < -0.4 is 0 Å². The van der Waals surface area contributed by atoms with Crippen molar-refractivity contribution in [2.45, 2.75) is 13.0 Å². The molecule has 2 heterocycles. The number of benzene rings is 2. The number of rotatable bonds is 6.